The molecular formula is C14H22N2O. The van der Waals surface area contributed by atoms with Crippen LogP contribution in [0.15, 0.2) is 24.3 Å². The molecule has 0 bridgehead atoms. The summed E-state index contributed by atoms with van der Waals surface area (Å²) >= 11 is 0. The van der Waals surface area contributed by atoms with Crippen molar-refractivity contribution in [2.45, 2.75) is 27.7 Å². The first kappa shape index (κ1) is 13.6. The van der Waals surface area contributed by atoms with Crippen molar-refractivity contribution >= 4 is 17.3 Å². The van der Waals surface area contributed by atoms with E-state index in [1.807, 2.05) is 38.1 Å². The number of amides is 1. The lowest BCUT2D eigenvalue weighted by molar-refractivity contribution is -0.118. The molecule has 1 aromatic rings. The molecule has 3 heteroatoms. The highest BCUT2D eigenvalue weighted by Gasteiger charge is 2.06. The molecule has 1 rings (SSSR count). The Morgan fingerprint density at radius 2 is 1.59 bits per heavy atom. The SMILES string of the molecule is CC(C)CNc1ccc(NC(=O)C(C)C)cc1. The number of anilines is 2. The molecule has 0 radical (unpaired) electrons. The van der Waals surface area contributed by atoms with E-state index in [0.717, 1.165) is 17.9 Å². The maximum Gasteiger partial charge on any atom is 0.226 e. The van der Waals surface area contributed by atoms with E-state index < -0.39 is 0 Å². The zero-order valence-corrected chi connectivity index (χ0v) is 11.1. The number of carbonyl (C=O) groups is 1. The van der Waals surface area contributed by atoms with Crippen LogP contribution in [0.3, 0.4) is 0 Å². The van der Waals surface area contributed by atoms with E-state index in [4.69, 9.17) is 0 Å². The van der Waals surface area contributed by atoms with Crippen LogP contribution in [0.1, 0.15) is 27.7 Å². The molecular weight excluding hydrogens is 212 g/mol. The predicted molar refractivity (Wildman–Crippen MR) is 73.2 cm³/mol. The van der Waals surface area contributed by atoms with Crippen LogP contribution in [0.4, 0.5) is 11.4 Å². The third-order valence-electron chi connectivity index (χ3n) is 2.39. The Bertz CT molecular complexity index is 355. The molecule has 1 amide bonds. The van der Waals surface area contributed by atoms with Crippen molar-refractivity contribution in [2.24, 2.45) is 11.8 Å². The average molecular weight is 234 g/mol. The lowest BCUT2D eigenvalue weighted by Gasteiger charge is -2.11. The van der Waals surface area contributed by atoms with Gasteiger partial charge in [0.25, 0.3) is 0 Å². The minimum atomic E-state index is 0.00809. The van der Waals surface area contributed by atoms with Gasteiger partial charge in [0.1, 0.15) is 0 Å². The molecule has 17 heavy (non-hydrogen) atoms. The van der Waals surface area contributed by atoms with Crippen LogP contribution in [0.2, 0.25) is 0 Å². The maximum atomic E-state index is 11.5. The summed E-state index contributed by atoms with van der Waals surface area (Å²) in [5.74, 6) is 0.678. The first-order valence-corrected chi connectivity index (χ1v) is 6.14. The van der Waals surface area contributed by atoms with Crippen LogP contribution < -0.4 is 10.6 Å². The van der Waals surface area contributed by atoms with Gasteiger partial charge in [0.05, 0.1) is 0 Å². The lowest BCUT2D eigenvalue weighted by atomic mass is 10.2. The van der Waals surface area contributed by atoms with E-state index >= 15 is 0 Å². The van der Waals surface area contributed by atoms with E-state index in [0.29, 0.717) is 5.92 Å². The summed E-state index contributed by atoms with van der Waals surface area (Å²) in [5, 5.41) is 6.20. The third kappa shape index (κ3) is 4.89. The summed E-state index contributed by atoms with van der Waals surface area (Å²) < 4.78 is 0. The fraction of sp³-hybridized carbons (Fsp3) is 0.500. The van der Waals surface area contributed by atoms with Crippen molar-refractivity contribution in [1.29, 1.82) is 0 Å². The number of nitrogens with one attached hydrogen (secondary N) is 2. The fourth-order valence-electron chi connectivity index (χ4n) is 1.28. The second-order valence-corrected chi connectivity index (χ2v) is 5.00. The molecule has 3 nitrogen and oxygen atoms in total. The molecule has 1 aromatic carbocycles. The molecule has 94 valence electrons. The topological polar surface area (TPSA) is 41.1 Å². The number of hydrogen-bond donors (Lipinski definition) is 2. The lowest BCUT2D eigenvalue weighted by Crippen LogP contribution is -2.17. The van der Waals surface area contributed by atoms with Crippen molar-refractivity contribution in [2.75, 3.05) is 17.2 Å². The van der Waals surface area contributed by atoms with Crippen LogP contribution in [0.25, 0.3) is 0 Å². The minimum Gasteiger partial charge on any atom is -0.385 e. The molecule has 0 unspecified atom stereocenters. The van der Waals surface area contributed by atoms with Crippen LogP contribution in [-0.4, -0.2) is 12.5 Å². The zero-order valence-electron chi connectivity index (χ0n) is 11.1. The molecule has 0 fully saturated rings. The van der Waals surface area contributed by atoms with Crippen molar-refractivity contribution in [3.63, 3.8) is 0 Å². The Labute approximate surface area is 104 Å². The molecule has 0 atom stereocenters. The monoisotopic (exact) mass is 234 g/mol. The summed E-state index contributed by atoms with van der Waals surface area (Å²) in [6.45, 7) is 9.06. The van der Waals surface area contributed by atoms with E-state index in [1.165, 1.54) is 0 Å². The molecule has 2 N–H and O–H groups in total. The van der Waals surface area contributed by atoms with Gasteiger partial charge in [-0.3, -0.25) is 4.79 Å². The van der Waals surface area contributed by atoms with Crippen LogP contribution in [-0.2, 0) is 4.79 Å². The summed E-state index contributed by atoms with van der Waals surface area (Å²) in [6.07, 6.45) is 0. The highest BCUT2D eigenvalue weighted by Crippen LogP contribution is 2.14. The zero-order chi connectivity index (χ0) is 12.8. The van der Waals surface area contributed by atoms with Gasteiger partial charge in [-0.2, -0.15) is 0 Å². The van der Waals surface area contributed by atoms with Crippen molar-refractivity contribution in [3.05, 3.63) is 24.3 Å². The predicted octanol–water partition coefficient (Wildman–Crippen LogP) is 3.35. The third-order valence-corrected chi connectivity index (χ3v) is 2.39. The largest absolute Gasteiger partial charge is 0.385 e. The van der Waals surface area contributed by atoms with Crippen LogP contribution in [0.5, 0.6) is 0 Å². The number of benzene rings is 1. The van der Waals surface area contributed by atoms with Crippen molar-refractivity contribution in [3.8, 4) is 0 Å². The molecule has 0 saturated carbocycles. The normalized spacial score (nSPS) is 10.7. The molecule has 0 spiro atoms. The van der Waals surface area contributed by atoms with Crippen LogP contribution >= 0.6 is 0 Å². The van der Waals surface area contributed by atoms with Gasteiger partial charge < -0.3 is 10.6 Å². The van der Waals surface area contributed by atoms with Crippen molar-refractivity contribution < 1.29 is 4.79 Å². The maximum absolute atomic E-state index is 11.5. The highest BCUT2D eigenvalue weighted by atomic mass is 16.1. The van der Waals surface area contributed by atoms with E-state index in [1.54, 1.807) is 0 Å². The Morgan fingerprint density at radius 1 is 1.06 bits per heavy atom. The second-order valence-electron chi connectivity index (χ2n) is 5.00. The average Bonchev–Trinajstić information content (AvgIpc) is 2.28. The second kappa shape index (κ2) is 6.28. The van der Waals surface area contributed by atoms with E-state index in [-0.39, 0.29) is 11.8 Å². The molecule has 0 heterocycles. The van der Waals surface area contributed by atoms with Gasteiger partial charge in [0, 0.05) is 23.8 Å². The summed E-state index contributed by atoms with van der Waals surface area (Å²) in [7, 11) is 0. The van der Waals surface area contributed by atoms with E-state index in [2.05, 4.69) is 24.5 Å². The Kier molecular flexibility index (Phi) is 5.01. The molecule has 0 aliphatic rings. The first-order chi connectivity index (χ1) is 7.99. The highest BCUT2D eigenvalue weighted by molar-refractivity contribution is 5.92. The van der Waals surface area contributed by atoms with E-state index in [9.17, 15) is 4.79 Å². The van der Waals surface area contributed by atoms with Gasteiger partial charge in [0.15, 0.2) is 0 Å². The van der Waals surface area contributed by atoms with Gasteiger partial charge >= 0.3 is 0 Å². The smallest absolute Gasteiger partial charge is 0.226 e. The van der Waals surface area contributed by atoms with Gasteiger partial charge in [-0.25, -0.2) is 0 Å². The summed E-state index contributed by atoms with van der Waals surface area (Å²) in [4.78, 5) is 11.5. The fourth-order valence-corrected chi connectivity index (χ4v) is 1.28. The Hall–Kier alpha value is -1.51. The minimum absolute atomic E-state index is 0.00809. The van der Waals surface area contributed by atoms with Gasteiger partial charge in [-0.05, 0) is 30.2 Å². The number of hydrogen-bond acceptors (Lipinski definition) is 2. The van der Waals surface area contributed by atoms with Gasteiger partial charge in [0.2, 0.25) is 5.91 Å². The summed E-state index contributed by atoms with van der Waals surface area (Å²) in [5.41, 5.74) is 1.93. The van der Waals surface area contributed by atoms with Gasteiger partial charge in [-0.1, -0.05) is 27.7 Å². The Balaban J connectivity index is 2.53. The quantitative estimate of drug-likeness (QED) is 0.820. The van der Waals surface area contributed by atoms with Crippen molar-refractivity contribution in [1.82, 2.24) is 0 Å². The molecule has 0 aliphatic carbocycles. The van der Waals surface area contributed by atoms with Gasteiger partial charge in [-0.15, -0.1) is 0 Å². The number of rotatable bonds is 5. The molecule has 0 aliphatic heterocycles. The number of carbonyl (C=O) groups excluding carboxylic acids is 1. The first-order valence-electron chi connectivity index (χ1n) is 6.14. The molecule has 0 aromatic heterocycles. The molecule has 0 saturated heterocycles. The standard InChI is InChI=1S/C14H22N2O/c1-10(2)9-15-12-5-7-13(8-6-12)16-14(17)11(3)4/h5-8,10-11,15H,9H2,1-4H3,(H,16,17). The summed E-state index contributed by atoms with van der Waals surface area (Å²) in [6, 6.07) is 7.81. The van der Waals surface area contributed by atoms with Crippen LogP contribution in [0, 0.1) is 11.8 Å². The Morgan fingerprint density at radius 3 is 2.06 bits per heavy atom.